The van der Waals surface area contributed by atoms with Crippen molar-refractivity contribution < 1.29 is 19.4 Å². The molecule has 0 aromatic heterocycles. The van der Waals surface area contributed by atoms with Crippen molar-refractivity contribution in [3.8, 4) is 5.75 Å². The molecule has 3 rings (SSSR count). The number of nitrogens with zero attached hydrogens (tertiary/aromatic N) is 2. The minimum absolute atomic E-state index is 0.0392. The lowest BCUT2D eigenvalue weighted by Gasteiger charge is -2.40. The molecule has 1 atom stereocenters. The maximum absolute atomic E-state index is 12.4. The molecule has 6 heteroatoms. The molecule has 1 saturated carbocycles. The summed E-state index contributed by atoms with van der Waals surface area (Å²) in [4.78, 5) is 16.4. The van der Waals surface area contributed by atoms with E-state index in [0.29, 0.717) is 19.1 Å². The highest BCUT2D eigenvalue weighted by atomic mass is 16.5. The van der Waals surface area contributed by atoms with Crippen molar-refractivity contribution in [3.05, 3.63) is 29.3 Å². The third-order valence-electron chi connectivity index (χ3n) is 5.84. The van der Waals surface area contributed by atoms with Crippen LogP contribution in [-0.2, 0) is 9.53 Å². The van der Waals surface area contributed by atoms with Crippen LogP contribution in [0.15, 0.2) is 18.2 Å². The predicted octanol–water partition coefficient (Wildman–Crippen LogP) is 1.76. The van der Waals surface area contributed by atoms with Crippen LogP contribution in [0.3, 0.4) is 0 Å². The lowest BCUT2D eigenvalue weighted by molar-refractivity contribution is -0.138. The highest BCUT2D eigenvalue weighted by Gasteiger charge is 2.40. The molecule has 2 aliphatic rings. The lowest BCUT2D eigenvalue weighted by atomic mass is 9.90. The fourth-order valence-electron chi connectivity index (χ4n) is 3.79. The summed E-state index contributed by atoms with van der Waals surface area (Å²) in [6, 6.07) is 6.46. The van der Waals surface area contributed by atoms with Gasteiger partial charge in [0.2, 0.25) is 5.91 Å². The summed E-state index contributed by atoms with van der Waals surface area (Å²) in [6.07, 6.45) is 3.57. The molecule has 0 spiro atoms. The topological polar surface area (TPSA) is 62.2 Å². The van der Waals surface area contributed by atoms with Crippen LogP contribution in [-0.4, -0.2) is 79.0 Å². The number of carbonyl (C=O) groups is 1. The van der Waals surface area contributed by atoms with Crippen molar-refractivity contribution >= 4 is 5.91 Å². The van der Waals surface area contributed by atoms with Crippen LogP contribution < -0.4 is 4.74 Å². The molecule has 1 aliphatic carbocycles. The smallest absolute Gasteiger partial charge is 0.248 e. The maximum atomic E-state index is 12.4. The molecule has 0 radical (unpaired) electrons. The number of aryl methyl sites for hydroxylation is 2. The van der Waals surface area contributed by atoms with Crippen molar-refractivity contribution in [2.24, 2.45) is 0 Å². The number of β-amino-alcohol motifs (C(OH)–C–C–N with tert-alkyl or cyclic N) is 1. The van der Waals surface area contributed by atoms with Gasteiger partial charge in [-0.3, -0.25) is 9.69 Å². The number of rotatable bonds is 6. The molecule has 0 bridgehead atoms. The molecular formula is C21H32N2O4. The van der Waals surface area contributed by atoms with Gasteiger partial charge < -0.3 is 19.5 Å². The van der Waals surface area contributed by atoms with E-state index in [2.05, 4.69) is 11.8 Å². The molecule has 2 fully saturated rings. The fourth-order valence-corrected chi connectivity index (χ4v) is 3.79. The van der Waals surface area contributed by atoms with Crippen LogP contribution in [0, 0.1) is 13.8 Å². The molecule has 27 heavy (non-hydrogen) atoms. The normalized spacial score (nSPS) is 24.4. The van der Waals surface area contributed by atoms with Gasteiger partial charge in [-0.15, -0.1) is 0 Å². The van der Waals surface area contributed by atoms with Crippen LogP contribution in [0.5, 0.6) is 5.75 Å². The van der Waals surface area contributed by atoms with Gasteiger partial charge in [0.25, 0.3) is 0 Å². The molecular weight excluding hydrogens is 344 g/mol. The minimum Gasteiger partial charge on any atom is -0.490 e. The van der Waals surface area contributed by atoms with Crippen molar-refractivity contribution in [3.63, 3.8) is 0 Å². The summed E-state index contributed by atoms with van der Waals surface area (Å²) in [5.41, 5.74) is 1.27. The Morgan fingerprint density at radius 1 is 1.22 bits per heavy atom. The number of methoxy groups -OCH3 is 1. The quantitative estimate of drug-likeness (QED) is 0.820. The van der Waals surface area contributed by atoms with Crippen LogP contribution in [0.4, 0.5) is 0 Å². The van der Waals surface area contributed by atoms with Gasteiger partial charge in [0.1, 0.15) is 24.6 Å². The van der Waals surface area contributed by atoms with E-state index in [-0.39, 0.29) is 25.7 Å². The van der Waals surface area contributed by atoms with Crippen LogP contribution >= 0.6 is 0 Å². The number of carbonyl (C=O) groups excluding carboxylic acids is 1. The second kappa shape index (κ2) is 8.59. The molecule has 1 aromatic rings. The number of benzene rings is 1. The van der Waals surface area contributed by atoms with E-state index in [1.165, 1.54) is 31.9 Å². The summed E-state index contributed by atoms with van der Waals surface area (Å²) < 4.78 is 11.0. The van der Waals surface area contributed by atoms with Crippen LogP contribution in [0.25, 0.3) is 0 Å². The highest BCUT2D eigenvalue weighted by Crippen LogP contribution is 2.28. The first-order valence-corrected chi connectivity index (χ1v) is 9.83. The molecule has 0 unspecified atom stereocenters. The standard InChI is InChI=1S/C21H32N2O4/c1-16-7-8-19(11-17(16)2)27-15-21(25)13-22(18-5-4-6-18)9-10-23(14-21)20(24)12-26-3/h7-8,11,18,25H,4-6,9-10,12-15H2,1-3H3/t21-/m1/s1. The van der Waals surface area contributed by atoms with Gasteiger partial charge in [0.15, 0.2) is 0 Å². The minimum atomic E-state index is -1.10. The van der Waals surface area contributed by atoms with Gasteiger partial charge in [0, 0.05) is 32.8 Å². The van der Waals surface area contributed by atoms with Gasteiger partial charge in [-0.05, 0) is 49.9 Å². The molecule has 1 amide bonds. The molecule has 1 aliphatic heterocycles. The summed E-state index contributed by atoms with van der Waals surface area (Å²) in [7, 11) is 1.52. The highest BCUT2D eigenvalue weighted by molar-refractivity contribution is 5.77. The van der Waals surface area contributed by atoms with Crippen LogP contribution in [0.2, 0.25) is 0 Å². The van der Waals surface area contributed by atoms with Crippen molar-refractivity contribution in [2.45, 2.75) is 44.8 Å². The lowest BCUT2D eigenvalue weighted by Crippen LogP contribution is -2.54. The van der Waals surface area contributed by atoms with Gasteiger partial charge in [0.05, 0.1) is 6.54 Å². The number of amides is 1. The average molecular weight is 376 g/mol. The SMILES string of the molecule is COCC(=O)N1CCN(C2CCC2)C[C@](O)(COc2ccc(C)c(C)c2)C1. The second-order valence-electron chi connectivity index (χ2n) is 8.06. The zero-order valence-corrected chi connectivity index (χ0v) is 16.7. The molecule has 1 saturated heterocycles. The molecule has 150 valence electrons. The van der Waals surface area contributed by atoms with E-state index in [1.54, 1.807) is 4.90 Å². The Kier molecular flexibility index (Phi) is 6.40. The van der Waals surface area contributed by atoms with E-state index < -0.39 is 5.60 Å². The molecule has 1 heterocycles. The summed E-state index contributed by atoms with van der Waals surface area (Å²) in [6.45, 7) is 6.51. The van der Waals surface area contributed by atoms with Gasteiger partial charge >= 0.3 is 0 Å². The van der Waals surface area contributed by atoms with Gasteiger partial charge in [-0.25, -0.2) is 0 Å². The number of hydrogen-bond donors (Lipinski definition) is 1. The van der Waals surface area contributed by atoms with Crippen molar-refractivity contribution in [1.29, 1.82) is 0 Å². The fraction of sp³-hybridized carbons (Fsp3) is 0.667. The Balaban J connectivity index is 1.72. The van der Waals surface area contributed by atoms with Crippen molar-refractivity contribution in [1.82, 2.24) is 9.80 Å². The van der Waals surface area contributed by atoms with E-state index in [4.69, 9.17) is 9.47 Å². The van der Waals surface area contributed by atoms with Crippen LogP contribution in [0.1, 0.15) is 30.4 Å². The number of ether oxygens (including phenoxy) is 2. The Hall–Kier alpha value is -1.63. The zero-order chi connectivity index (χ0) is 19.4. The third-order valence-corrected chi connectivity index (χ3v) is 5.84. The number of aliphatic hydroxyl groups is 1. The Morgan fingerprint density at radius 3 is 2.63 bits per heavy atom. The molecule has 6 nitrogen and oxygen atoms in total. The molecule has 1 N–H and O–H groups in total. The second-order valence-corrected chi connectivity index (χ2v) is 8.06. The summed E-state index contributed by atoms with van der Waals surface area (Å²) >= 11 is 0. The number of hydrogen-bond acceptors (Lipinski definition) is 5. The monoisotopic (exact) mass is 376 g/mol. The van der Waals surface area contributed by atoms with E-state index >= 15 is 0 Å². The van der Waals surface area contributed by atoms with Crippen molar-refractivity contribution in [2.75, 3.05) is 46.5 Å². The van der Waals surface area contributed by atoms with Gasteiger partial charge in [-0.2, -0.15) is 0 Å². The first kappa shape index (κ1) is 20.1. The van der Waals surface area contributed by atoms with E-state index in [0.717, 1.165) is 17.9 Å². The first-order valence-electron chi connectivity index (χ1n) is 9.83. The Labute approximate surface area is 162 Å². The third kappa shape index (κ3) is 5.00. The maximum Gasteiger partial charge on any atom is 0.248 e. The summed E-state index contributed by atoms with van der Waals surface area (Å²) in [5, 5.41) is 11.4. The average Bonchev–Trinajstić information content (AvgIpc) is 2.74. The largest absolute Gasteiger partial charge is 0.490 e. The zero-order valence-electron chi connectivity index (χ0n) is 16.7. The van der Waals surface area contributed by atoms with E-state index in [1.807, 2.05) is 25.1 Å². The van der Waals surface area contributed by atoms with E-state index in [9.17, 15) is 9.90 Å². The Bertz CT molecular complexity index is 662. The predicted molar refractivity (Wildman–Crippen MR) is 104 cm³/mol. The Morgan fingerprint density at radius 2 is 2.00 bits per heavy atom. The first-order chi connectivity index (χ1) is 12.9. The summed E-state index contributed by atoms with van der Waals surface area (Å²) in [5.74, 6) is 0.665. The molecule has 1 aromatic carbocycles. The van der Waals surface area contributed by atoms with Gasteiger partial charge in [-0.1, -0.05) is 12.5 Å².